The van der Waals surface area contributed by atoms with E-state index in [9.17, 15) is 0 Å². The van der Waals surface area contributed by atoms with Crippen LogP contribution in [-0.2, 0) is 0 Å². The van der Waals surface area contributed by atoms with Crippen LogP contribution in [0.5, 0.6) is 0 Å². The molecule has 14 heavy (non-hydrogen) atoms. The number of aliphatic imine (C=N–C) groups is 1. The minimum atomic E-state index is -0.137. The van der Waals surface area contributed by atoms with Gasteiger partial charge in [0.15, 0.2) is 5.57 Å². The van der Waals surface area contributed by atoms with Gasteiger partial charge in [-0.3, -0.25) is 0 Å². The van der Waals surface area contributed by atoms with Crippen molar-refractivity contribution in [3.8, 4) is 12.1 Å². The lowest BCUT2D eigenvalue weighted by Crippen LogP contribution is -2.28. The van der Waals surface area contributed by atoms with E-state index in [4.69, 9.17) is 16.3 Å². The molecule has 1 atom stereocenters. The Balaban J connectivity index is 3.02. The quantitative estimate of drug-likeness (QED) is 0.577. The van der Waals surface area contributed by atoms with Gasteiger partial charge in [0.1, 0.15) is 29.8 Å². The second kappa shape index (κ2) is 3.80. The Labute approximate surface area is 82.5 Å². The van der Waals surface area contributed by atoms with Gasteiger partial charge in [0.25, 0.3) is 0 Å². The van der Waals surface area contributed by atoms with Crippen LogP contribution in [0.3, 0.4) is 0 Å². The van der Waals surface area contributed by atoms with Crippen LogP contribution in [0.25, 0.3) is 0 Å². The van der Waals surface area contributed by atoms with E-state index in [0.717, 1.165) is 0 Å². The number of nitrogens with two attached hydrogens (primary N) is 1. The Kier molecular flexibility index (Phi) is 2.73. The van der Waals surface area contributed by atoms with Gasteiger partial charge in [-0.2, -0.15) is 10.5 Å². The van der Waals surface area contributed by atoms with Crippen molar-refractivity contribution < 1.29 is 0 Å². The summed E-state index contributed by atoms with van der Waals surface area (Å²) in [4.78, 5) is 4.11. The maximum Gasteiger partial charge on any atom is 0.156 e. The Bertz CT molecular complexity index is 361. The van der Waals surface area contributed by atoms with Crippen LogP contribution in [0.1, 0.15) is 13.8 Å². The monoisotopic (exact) mass is 189 g/mol. The summed E-state index contributed by atoms with van der Waals surface area (Å²) in [5, 5.41) is 20.2. The molecule has 3 N–H and O–H groups in total. The minimum Gasteiger partial charge on any atom is -0.382 e. The molecule has 0 aliphatic carbocycles. The predicted molar refractivity (Wildman–Crippen MR) is 51.6 cm³/mol. The smallest absolute Gasteiger partial charge is 0.156 e. The topological polar surface area (TPSA) is 98.0 Å². The van der Waals surface area contributed by atoms with E-state index in [1.807, 2.05) is 13.8 Å². The van der Waals surface area contributed by atoms with Crippen LogP contribution < -0.4 is 11.1 Å². The third-order valence-electron chi connectivity index (χ3n) is 1.93. The second-order valence-corrected chi connectivity index (χ2v) is 3.32. The van der Waals surface area contributed by atoms with Gasteiger partial charge in [-0.25, -0.2) is 4.99 Å². The van der Waals surface area contributed by atoms with E-state index in [2.05, 4.69) is 10.3 Å². The Morgan fingerprint density at radius 2 is 2.07 bits per heavy atom. The molecule has 72 valence electrons. The number of hydrogen-bond acceptors (Lipinski definition) is 5. The lowest BCUT2D eigenvalue weighted by Gasteiger charge is -2.12. The number of rotatable bonds is 1. The third-order valence-corrected chi connectivity index (χ3v) is 1.93. The molecule has 0 radical (unpaired) electrons. The second-order valence-electron chi connectivity index (χ2n) is 3.32. The van der Waals surface area contributed by atoms with Gasteiger partial charge in [-0.1, -0.05) is 13.8 Å². The molecule has 0 bridgehead atoms. The lowest BCUT2D eigenvalue weighted by molar-refractivity contribution is 0.467. The van der Waals surface area contributed by atoms with E-state index < -0.39 is 0 Å². The van der Waals surface area contributed by atoms with Crippen LogP contribution in [0.4, 0.5) is 0 Å². The van der Waals surface area contributed by atoms with Crippen LogP contribution in [0, 0.1) is 28.6 Å². The first-order chi connectivity index (χ1) is 6.60. The summed E-state index contributed by atoms with van der Waals surface area (Å²) in [6.45, 7) is 3.96. The van der Waals surface area contributed by atoms with Gasteiger partial charge in [0.2, 0.25) is 0 Å². The largest absolute Gasteiger partial charge is 0.382 e. The average molecular weight is 189 g/mol. The summed E-state index contributed by atoms with van der Waals surface area (Å²) in [6, 6.07) is 3.56. The van der Waals surface area contributed by atoms with Crippen LogP contribution in [0.2, 0.25) is 0 Å². The molecule has 0 spiro atoms. The minimum absolute atomic E-state index is 0.0191. The number of amidine groups is 1. The van der Waals surface area contributed by atoms with Gasteiger partial charge < -0.3 is 11.1 Å². The van der Waals surface area contributed by atoms with Gasteiger partial charge in [0, 0.05) is 0 Å². The number of nitrogens with zero attached hydrogens (tertiary/aromatic N) is 3. The van der Waals surface area contributed by atoms with Crippen LogP contribution in [0.15, 0.2) is 16.3 Å². The number of nitrogens with one attached hydrogen (secondary N) is 1. The van der Waals surface area contributed by atoms with E-state index in [1.165, 1.54) is 0 Å². The standard InChI is InChI=1S/C9H11N5/c1-5(2)9-13-7(8(12)14-9)6(3-10)4-11/h5,9,13H,1-2H3,(H2,12,14)/t9-/m0/s1. The van der Waals surface area contributed by atoms with Gasteiger partial charge in [-0.05, 0) is 5.92 Å². The van der Waals surface area contributed by atoms with Gasteiger partial charge in [-0.15, -0.1) is 0 Å². The molecule has 5 heteroatoms. The van der Waals surface area contributed by atoms with E-state index >= 15 is 0 Å². The Morgan fingerprint density at radius 1 is 1.50 bits per heavy atom. The summed E-state index contributed by atoms with van der Waals surface area (Å²) in [6.07, 6.45) is -0.137. The first kappa shape index (κ1) is 10.1. The predicted octanol–water partition coefficient (Wildman–Crippen LogP) is 0.230. The Morgan fingerprint density at radius 3 is 2.43 bits per heavy atom. The molecule has 1 rings (SSSR count). The maximum atomic E-state index is 8.65. The van der Waals surface area contributed by atoms with Crippen molar-refractivity contribution in [2.75, 3.05) is 0 Å². The summed E-state index contributed by atoms with van der Waals surface area (Å²) >= 11 is 0. The van der Waals surface area contributed by atoms with E-state index in [1.54, 1.807) is 12.1 Å². The molecular weight excluding hydrogens is 178 g/mol. The molecule has 0 aromatic rings. The van der Waals surface area contributed by atoms with Gasteiger partial charge in [0.05, 0.1) is 0 Å². The SMILES string of the molecule is CC(C)[C@@H]1N=C(N)C(=C(C#N)C#N)N1. The summed E-state index contributed by atoms with van der Waals surface area (Å²) in [5.74, 6) is 0.506. The number of nitriles is 2. The first-order valence-electron chi connectivity index (χ1n) is 4.24. The molecule has 0 saturated carbocycles. The number of allylic oxidation sites excluding steroid dienone is 1. The van der Waals surface area contributed by atoms with E-state index in [0.29, 0.717) is 5.70 Å². The fraction of sp³-hybridized carbons (Fsp3) is 0.444. The fourth-order valence-corrected chi connectivity index (χ4v) is 1.12. The summed E-state index contributed by atoms with van der Waals surface area (Å²) in [5.41, 5.74) is 5.92. The molecular formula is C9H11N5. The molecule has 5 nitrogen and oxygen atoms in total. The van der Waals surface area contributed by atoms with Crippen molar-refractivity contribution in [3.05, 3.63) is 11.3 Å². The van der Waals surface area contributed by atoms with Crippen molar-refractivity contribution in [2.24, 2.45) is 16.6 Å². The zero-order valence-electron chi connectivity index (χ0n) is 8.07. The highest BCUT2D eigenvalue weighted by Crippen LogP contribution is 2.14. The zero-order valence-corrected chi connectivity index (χ0v) is 8.07. The van der Waals surface area contributed by atoms with E-state index in [-0.39, 0.29) is 23.5 Å². The molecule has 1 aliphatic heterocycles. The summed E-state index contributed by atoms with van der Waals surface area (Å²) in [7, 11) is 0. The van der Waals surface area contributed by atoms with Crippen LogP contribution in [-0.4, -0.2) is 12.0 Å². The molecule has 0 amide bonds. The van der Waals surface area contributed by atoms with Crippen molar-refractivity contribution in [2.45, 2.75) is 20.0 Å². The highest BCUT2D eigenvalue weighted by molar-refractivity contribution is 6.00. The molecule has 1 aliphatic rings. The fourth-order valence-electron chi connectivity index (χ4n) is 1.12. The summed E-state index contributed by atoms with van der Waals surface area (Å²) < 4.78 is 0. The molecule has 0 aromatic carbocycles. The normalized spacial score (nSPS) is 19.6. The van der Waals surface area contributed by atoms with Crippen molar-refractivity contribution in [1.29, 1.82) is 10.5 Å². The zero-order chi connectivity index (χ0) is 10.7. The third kappa shape index (κ3) is 1.67. The first-order valence-corrected chi connectivity index (χ1v) is 4.24. The lowest BCUT2D eigenvalue weighted by atomic mass is 10.1. The van der Waals surface area contributed by atoms with Crippen LogP contribution >= 0.6 is 0 Å². The number of hydrogen-bond donors (Lipinski definition) is 2. The maximum absolute atomic E-state index is 8.65. The molecule has 0 saturated heterocycles. The van der Waals surface area contributed by atoms with Crippen molar-refractivity contribution >= 4 is 5.84 Å². The average Bonchev–Trinajstić information content (AvgIpc) is 2.51. The molecule has 0 aromatic heterocycles. The van der Waals surface area contributed by atoms with Crippen molar-refractivity contribution in [1.82, 2.24) is 5.32 Å². The molecule has 1 heterocycles. The highest BCUT2D eigenvalue weighted by Gasteiger charge is 2.24. The molecule has 0 unspecified atom stereocenters. The Hall–Kier alpha value is -2.01. The highest BCUT2D eigenvalue weighted by atomic mass is 15.2. The van der Waals surface area contributed by atoms with Gasteiger partial charge >= 0.3 is 0 Å². The van der Waals surface area contributed by atoms with Crippen molar-refractivity contribution in [3.63, 3.8) is 0 Å². The molecule has 0 fully saturated rings.